The van der Waals surface area contributed by atoms with E-state index >= 15 is 0 Å². The van der Waals surface area contributed by atoms with E-state index in [1.807, 2.05) is 6.92 Å². The van der Waals surface area contributed by atoms with Crippen LogP contribution in [0.4, 0.5) is 0 Å². The molecule has 0 heterocycles. The monoisotopic (exact) mass is 227 g/mol. The summed E-state index contributed by atoms with van der Waals surface area (Å²) in [4.78, 5) is 11.6. The molecule has 94 valence electrons. The third kappa shape index (κ3) is 3.78. The first-order valence-corrected chi connectivity index (χ1v) is 6.52. The molecule has 0 unspecified atom stereocenters. The Labute approximate surface area is 98.9 Å². The van der Waals surface area contributed by atoms with Gasteiger partial charge in [-0.3, -0.25) is 4.79 Å². The van der Waals surface area contributed by atoms with E-state index < -0.39 is 0 Å². The van der Waals surface area contributed by atoms with Gasteiger partial charge >= 0.3 is 5.97 Å². The van der Waals surface area contributed by atoms with Crippen molar-refractivity contribution in [2.24, 2.45) is 5.92 Å². The Morgan fingerprint density at radius 2 is 2.00 bits per heavy atom. The van der Waals surface area contributed by atoms with Crippen LogP contribution in [0.15, 0.2) is 0 Å². The predicted octanol–water partition coefficient (Wildman–Crippen LogP) is 2.50. The molecule has 0 aliphatic heterocycles. The molecule has 0 amide bonds. The van der Waals surface area contributed by atoms with Crippen LogP contribution in [-0.2, 0) is 9.53 Å². The van der Waals surface area contributed by atoms with Crippen molar-refractivity contribution in [2.45, 2.75) is 58.4 Å². The van der Waals surface area contributed by atoms with Gasteiger partial charge in [-0.2, -0.15) is 0 Å². The summed E-state index contributed by atoms with van der Waals surface area (Å²) >= 11 is 0. The summed E-state index contributed by atoms with van der Waals surface area (Å²) in [6.45, 7) is 7.66. The maximum atomic E-state index is 11.6. The van der Waals surface area contributed by atoms with Gasteiger partial charge in [0, 0.05) is 5.54 Å². The maximum absolute atomic E-state index is 11.6. The van der Waals surface area contributed by atoms with E-state index in [2.05, 4.69) is 19.2 Å². The molecular formula is C13H25NO2. The molecule has 0 bridgehead atoms. The van der Waals surface area contributed by atoms with Gasteiger partial charge in [0.15, 0.2) is 0 Å². The van der Waals surface area contributed by atoms with Crippen LogP contribution < -0.4 is 5.32 Å². The predicted molar refractivity (Wildman–Crippen MR) is 65.3 cm³/mol. The van der Waals surface area contributed by atoms with Crippen molar-refractivity contribution in [3.05, 3.63) is 0 Å². The van der Waals surface area contributed by atoms with Crippen LogP contribution in [-0.4, -0.2) is 24.7 Å². The number of nitrogens with one attached hydrogen (secondary N) is 1. The van der Waals surface area contributed by atoms with Gasteiger partial charge in [0.1, 0.15) is 0 Å². The second kappa shape index (κ2) is 6.24. The van der Waals surface area contributed by atoms with Crippen molar-refractivity contribution in [1.82, 2.24) is 5.32 Å². The van der Waals surface area contributed by atoms with Crippen molar-refractivity contribution >= 4 is 5.97 Å². The van der Waals surface area contributed by atoms with E-state index in [0.29, 0.717) is 13.0 Å². The fraction of sp³-hybridized carbons (Fsp3) is 0.923. The average molecular weight is 227 g/mol. The molecule has 0 aromatic rings. The normalized spacial score (nSPS) is 30.1. The second-order valence-corrected chi connectivity index (χ2v) is 4.97. The molecule has 0 aromatic carbocycles. The molecule has 0 saturated heterocycles. The standard InChI is InChI=1S/C13H25NO2/c1-4-14-13(10-12(15)16-5-2)8-6-11(3)7-9-13/h11,14H,4-10H2,1-3H3. The molecule has 1 aliphatic rings. The van der Waals surface area contributed by atoms with Crippen molar-refractivity contribution in [1.29, 1.82) is 0 Å². The topological polar surface area (TPSA) is 38.3 Å². The number of ether oxygens (including phenoxy) is 1. The summed E-state index contributed by atoms with van der Waals surface area (Å²) in [5.41, 5.74) is 0.00745. The number of rotatable bonds is 5. The lowest BCUT2D eigenvalue weighted by atomic mass is 9.75. The molecule has 1 rings (SSSR count). The van der Waals surface area contributed by atoms with Gasteiger partial charge in [0.25, 0.3) is 0 Å². The highest BCUT2D eigenvalue weighted by molar-refractivity contribution is 5.71. The molecule has 0 radical (unpaired) electrons. The fourth-order valence-corrected chi connectivity index (χ4v) is 2.59. The van der Waals surface area contributed by atoms with Gasteiger partial charge < -0.3 is 10.1 Å². The van der Waals surface area contributed by atoms with Crippen molar-refractivity contribution in [2.75, 3.05) is 13.2 Å². The minimum absolute atomic E-state index is 0.00745. The summed E-state index contributed by atoms with van der Waals surface area (Å²) in [5, 5.41) is 3.51. The van der Waals surface area contributed by atoms with E-state index in [4.69, 9.17) is 4.74 Å². The van der Waals surface area contributed by atoms with Gasteiger partial charge in [-0.25, -0.2) is 0 Å². The van der Waals surface area contributed by atoms with E-state index in [-0.39, 0.29) is 11.5 Å². The zero-order chi connectivity index (χ0) is 12.0. The van der Waals surface area contributed by atoms with Crippen molar-refractivity contribution < 1.29 is 9.53 Å². The number of carbonyl (C=O) groups excluding carboxylic acids is 1. The highest BCUT2D eigenvalue weighted by Crippen LogP contribution is 2.34. The number of hydrogen-bond acceptors (Lipinski definition) is 3. The highest BCUT2D eigenvalue weighted by Gasteiger charge is 2.35. The third-order valence-corrected chi connectivity index (χ3v) is 3.57. The van der Waals surface area contributed by atoms with Gasteiger partial charge in [-0.05, 0) is 45.1 Å². The zero-order valence-electron chi connectivity index (χ0n) is 10.8. The number of esters is 1. The van der Waals surface area contributed by atoms with Crippen molar-refractivity contribution in [3.8, 4) is 0 Å². The molecule has 3 nitrogen and oxygen atoms in total. The quantitative estimate of drug-likeness (QED) is 0.733. The van der Waals surface area contributed by atoms with E-state index in [1.165, 1.54) is 12.8 Å². The number of hydrogen-bond donors (Lipinski definition) is 1. The minimum atomic E-state index is -0.0574. The van der Waals surface area contributed by atoms with Gasteiger partial charge in [0.2, 0.25) is 0 Å². The van der Waals surface area contributed by atoms with Crippen LogP contribution in [0.1, 0.15) is 52.9 Å². The summed E-state index contributed by atoms with van der Waals surface area (Å²) in [6.07, 6.45) is 5.15. The fourth-order valence-electron chi connectivity index (χ4n) is 2.59. The Morgan fingerprint density at radius 3 is 2.50 bits per heavy atom. The Bertz CT molecular complexity index is 220. The zero-order valence-corrected chi connectivity index (χ0v) is 10.8. The van der Waals surface area contributed by atoms with Crippen molar-refractivity contribution in [3.63, 3.8) is 0 Å². The average Bonchev–Trinajstić information content (AvgIpc) is 2.23. The van der Waals surface area contributed by atoms with Gasteiger partial charge in [0.05, 0.1) is 13.0 Å². The molecular weight excluding hydrogens is 202 g/mol. The van der Waals surface area contributed by atoms with Gasteiger partial charge in [-0.15, -0.1) is 0 Å². The molecule has 1 N–H and O–H groups in total. The summed E-state index contributed by atoms with van der Waals surface area (Å²) in [7, 11) is 0. The first-order chi connectivity index (χ1) is 7.62. The summed E-state index contributed by atoms with van der Waals surface area (Å²) in [6, 6.07) is 0. The van der Waals surface area contributed by atoms with Crippen LogP contribution in [0.5, 0.6) is 0 Å². The SMILES string of the molecule is CCNC1(CC(=O)OCC)CCC(C)CC1. The maximum Gasteiger partial charge on any atom is 0.307 e. The smallest absolute Gasteiger partial charge is 0.307 e. The van der Waals surface area contributed by atoms with Gasteiger partial charge in [-0.1, -0.05) is 13.8 Å². The number of carbonyl (C=O) groups is 1. The van der Waals surface area contributed by atoms with E-state index in [1.54, 1.807) is 0 Å². The molecule has 0 aromatic heterocycles. The van der Waals surface area contributed by atoms with Crippen LogP contribution in [0, 0.1) is 5.92 Å². The second-order valence-electron chi connectivity index (χ2n) is 4.97. The Morgan fingerprint density at radius 1 is 1.38 bits per heavy atom. The molecule has 3 heteroatoms. The Hall–Kier alpha value is -0.570. The molecule has 0 spiro atoms. The minimum Gasteiger partial charge on any atom is -0.466 e. The lowest BCUT2D eigenvalue weighted by Crippen LogP contribution is -2.49. The lowest BCUT2D eigenvalue weighted by molar-refractivity contribution is -0.145. The summed E-state index contributed by atoms with van der Waals surface area (Å²) in [5.74, 6) is 0.743. The lowest BCUT2D eigenvalue weighted by Gasteiger charge is -2.39. The molecule has 1 fully saturated rings. The first kappa shape index (κ1) is 13.5. The third-order valence-electron chi connectivity index (χ3n) is 3.57. The first-order valence-electron chi connectivity index (χ1n) is 6.52. The van der Waals surface area contributed by atoms with Crippen LogP contribution in [0.2, 0.25) is 0 Å². The molecule has 1 aliphatic carbocycles. The Balaban J connectivity index is 2.55. The van der Waals surface area contributed by atoms with E-state index in [0.717, 1.165) is 25.3 Å². The molecule has 16 heavy (non-hydrogen) atoms. The Kier molecular flexibility index (Phi) is 5.26. The molecule has 1 saturated carbocycles. The van der Waals surface area contributed by atoms with Crippen LogP contribution >= 0.6 is 0 Å². The molecule has 0 atom stereocenters. The highest BCUT2D eigenvalue weighted by atomic mass is 16.5. The van der Waals surface area contributed by atoms with Crippen LogP contribution in [0.3, 0.4) is 0 Å². The van der Waals surface area contributed by atoms with E-state index in [9.17, 15) is 4.79 Å². The van der Waals surface area contributed by atoms with Crippen LogP contribution in [0.25, 0.3) is 0 Å². The summed E-state index contributed by atoms with van der Waals surface area (Å²) < 4.78 is 5.06. The largest absolute Gasteiger partial charge is 0.466 e.